The molecule has 1 amide bonds. The van der Waals surface area contributed by atoms with Gasteiger partial charge in [0, 0.05) is 33.5 Å². The van der Waals surface area contributed by atoms with Crippen LogP contribution in [0.1, 0.15) is 15.9 Å². The van der Waals surface area contributed by atoms with Crippen LogP contribution in [0.4, 0.5) is 11.4 Å². The van der Waals surface area contributed by atoms with Crippen molar-refractivity contribution in [1.82, 2.24) is 4.98 Å². The molecule has 0 aliphatic heterocycles. The predicted molar refractivity (Wildman–Crippen MR) is 110 cm³/mol. The molecular formula is C21H14ClN3O4. The van der Waals surface area contributed by atoms with E-state index in [1.165, 1.54) is 18.2 Å². The number of aryl methyl sites for hydroxylation is 1. The molecule has 3 aromatic carbocycles. The number of halogens is 1. The largest absolute Gasteiger partial charge is 0.436 e. The monoisotopic (exact) mass is 407 g/mol. The lowest BCUT2D eigenvalue weighted by Crippen LogP contribution is -2.12. The predicted octanol–water partition coefficient (Wildman–Crippen LogP) is 5.62. The van der Waals surface area contributed by atoms with Gasteiger partial charge in [-0.1, -0.05) is 17.7 Å². The molecule has 4 rings (SSSR count). The molecule has 0 aliphatic carbocycles. The fourth-order valence-electron chi connectivity index (χ4n) is 2.96. The van der Waals surface area contributed by atoms with E-state index in [2.05, 4.69) is 10.3 Å². The molecule has 0 aliphatic rings. The van der Waals surface area contributed by atoms with Gasteiger partial charge in [-0.15, -0.1) is 0 Å². The Labute approximate surface area is 170 Å². The zero-order valence-electron chi connectivity index (χ0n) is 15.2. The van der Waals surface area contributed by atoms with Crippen LogP contribution in [-0.4, -0.2) is 15.8 Å². The van der Waals surface area contributed by atoms with Gasteiger partial charge in [0.05, 0.1) is 4.92 Å². The number of anilines is 1. The van der Waals surface area contributed by atoms with Crippen LogP contribution in [0, 0.1) is 17.0 Å². The quantitative estimate of drug-likeness (QED) is 0.350. The zero-order valence-corrected chi connectivity index (χ0v) is 15.9. The molecule has 1 aromatic heterocycles. The summed E-state index contributed by atoms with van der Waals surface area (Å²) in [5.74, 6) is 0.0361. The molecule has 0 saturated heterocycles. The normalized spacial score (nSPS) is 10.8. The van der Waals surface area contributed by atoms with Crippen LogP contribution in [0.3, 0.4) is 0 Å². The number of rotatable bonds is 4. The third-order valence-electron chi connectivity index (χ3n) is 4.37. The second-order valence-corrected chi connectivity index (χ2v) is 6.86. The van der Waals surface area contributed by atoms with E-state index >= 15 is 0 Å². The van der Waals surface area contributed by atoms with Gasteiger partial charge in [-0.3, -0.25) is 14.9 Å². The minimum atomic E-state index is -0.478. The summed E-state index contributed by atoms with van der Waals surface area (Å²) < 4.78 is 5.76. The topological polar surface area (TPSA) is 98.3 Å². The minimum absolute atomic E-state index is 0.0281. The number of nitro groups is 1. The van der Waals surface area contributed by atoms with Crippen molar-refractivity contribution in [2.24, 2.45) is 0 Å². The number of hydrogen-bond acceptors (Lipinski definition) is 5. The molecule has 29 heavy (non-hydrogen) atoms. The molecule has 0 radical (unpaired) electrons. The van der Waals surface area contributed by atoms with Crippen molar-refractivity contribution in [3.63, 3.8) is 0 Å². The fourth-order valence-corrected chi connectivity index (χ4v) is 3.13. The highest BCUT2D eigenvalue weighted by Gasteiger charge is 2.15. The second-order valence-electron chi connectivity index (χ2n) is 6.42. The summed E-state index contributed by atoms with van der Waals surface area (Å²) in [6, 6.07) is 16.5. The molecule has 8 heteroatoms. The lowest BCUT2D eigenvalue weighted by Gasteiger charge is -2.07. The van der Waals surface area contributed by atoms with E-state index in [0.29, 0.717) is 44.4 Å². The van der Waals surface area contributed by atoms with Crippen LogP contribution in [-0.2, 0) is 0 Å². The summed E-state index contributed by atoms with van der Waals surface area (Å²) in [5.41, 5.74) is 3.21. The number of oxazole rings is 1. The van der Waals surface area contributed by atoms with E-state index in [-0.39, 0.29) is 11.6 Å². The van der Waals surface area contributed by atoms with Gasteiger partial charge in [0.2, 0.25) is 5.89 Å². The van der Waals surface area contributed by atoms with Crippen molar-refractivity contribution in [3.8, 4) is 11.5 Å². The SMILES string of the molecule is Cc1cc(C(=O)Nc2cccc(-c3nc4cc(Cl)ccc4o3)c2)ccc1[N+](=O)[O-]. The molecule has 4 aromatic rings. The first-order valence-corrected chi connectivity index (χ1v) is 9.01. The van der Waals surface area contributed by atoms with Gasteiger partial charge in [-0.2, -0.15) is 0 Å². The van der Waals surface area contributed by atoms with Gasteiger partial charge in [0.15, 0.2) is 5.58 Å². The number of benzene rings is 3. The summed E-state index contributed by atoms with van der Waals surface area (Å²) in [6.45, 7) is 1.59. The number of fused-ring (bicyclic) bond motifs is 1. The zero-order chi connectivity index (χ0) is 20.5. The van der Waals surface area contributed by atoms with Gasteiger partial charge >= 0.3 is 0 Å². The molecule has 144 valence electrons. The van der Waals surface area contributed by atoms with Crippen molar-refractivity contribution >= 4 is 40.0 Å². The van der Waals surface area contributed by atoms with Crippen LogP contribution in [0.2, 0.25) is 5.02 Å². The Morgan fingerprint density at radius 1 is 1.14 bits per heavy atom. The van der Waals surface area contributed by atoms with Crippen LogP contribution in [0.25, 0.3) is 22.6 Å². The lowest BCUT2D eigenvalue weighted by atomic mass is 10.1. The summed E-state index contributed by atoms with van der Waals surface area (Å²) in [5, 5.41) is 14.3. The van der Waals surface area contributed by atoms with Gasteiger partial charge < -0.3 is 9.73 Å². The number of amides is 1. The van der Waals surface area contributed by atoms with E-state index in [1.807, 2.05) is 6.07 Å². The Morgan fingerprint density at radius 3 is 2.72 bits per heavy atom. The highest BCUT2D eigenvalue weighted by molar-refractivity contribution is 6.31. The standard InChI is InChI=1S/C21H14ClN3O4/c1-12-9-13(5-7-18(12)25(27)28)20(26)23-16-4-2-3-14(10-16)21-24-17-11-15(22)6-8-19(17)29-21/h2-11H,1H3,(H,23,26). The Bertz CT molecular complexity index is 1270. The molecule has 0 bridgehead atoms. The van der Waals surface area contributed by atoms with Crippen molar-refractivity contribution in [2.45, 2.75) is 6.92 Å². The number of carbonyl (C=O) groups excluding carboxylic acids is 1. The lowest BCUT2D eigenvalue weighted by molar-refractivity contribution is -0.385. The maximum atomic E-state index is 12.5. The van der Waals surface area contributed by atoms with E-state index < -0.39 is 4.92 Å². The minimum Gasteiger partial charge on any atom is -0.436 e. The summed E-state index contributed by atoms with van der Waals surface area (Å²) in [4.78, 5) is 27.4. The van der Waals surface area contributed by atoms with Gasteiger partial charge in [0.25, 0.3) is 11.6 Å². The molecule has 1 heterocycles. The Morgan fingerprint density at radius 2 is 1.97 bits per heavy atom. The third-order valence-corrected chi connectivity index (χ3v) is 4.61. The van der Waals surface area contributed by atoms with Crippen LogP contribution < -0.4 is 5.32 Å². The second kappa shape index (κ2) is 7.37. The summed E-state index contributed by atoms with van der Waals surface area (Å²) in [7, 11) is 0. The van der Waals surface area contributed by atoms with E-state index in [4.69, 9.17) is 16.0 Å². The molecular weight excluding hydrogens is 394 g/mol. The average Bonchev–Trinajstić information content (AvgIpc) is 3.11. The first kappa shape index (κ1) is 18.6. The number of nitro benzene ring substituents is 1. The number of hydrogen-bond donors (Lipinski definition) is 1. The Kier molecular flexibility index (Phi) is 4.74. The maximum Gasteiger partial charge on any atom is 0.272 e. The molecule has 0 spiro atoms. The number of nitrogens with one attached hydrogen (secondary N) is 1. The van der Waals surface area contributed by atoms with Crippen molar-refractivity contribution in [1.29, 1.82) is 0 Å². The summed E-state index contributed by atoms with van der Waals surface area (Å²) in [6.07, 6.45) is 0. The molecule has 7 nitrogen and oxygen atoms in total. The van der Waals surface area contributed by atoms with Gasteiger partial charge in [0.1, 0.15) is 5.52 Å². The third kappa shape index (κ3) is 3.81. The van der Waals surface area contributed by atoms with Crippen LogP contribution in [0.15, 0.2) is 65.1 Å². The molecule has 0 unspecified atom stereocenters. The number of carbonyl (C=O) groups is 1. The highest BCUT2D eigenvalue weighted by atomic mass is 35.5. The van der Waals surface area contributed by atoms with Crippen molar-refractivity contribution in [3.05, 3.63) is 86.9 Å². The average molecular weight is 408 g/mol. The molecule has 0 saturated carbocycles. The molecule has 0 fully saturated rings. The van der Waals surface area contributed by atoms with E-state index in [1.54, 1.807) is 43.3 Å². The summed E-state index contributed by atoms with van der Waals surface area (Å²) >= 11 is 5.99. The van der Waals surface area contributed by atoms with Crippen LogP contribution in [0.5, 0.6) is 0 Å². The first-order valence-electron chi connectivity index (χ1n) is 8.63. The molecule has 1 N–H and O–H groups in total. The number of aromatic nitrogens is 1. The van der Waals surface area contributed by atoms with Gasteiger partial charge in [-0.05, 0) is 55.5 Å². The number of nitrogens with zero attached hydrogens (tertiary/aromatic N) is 2. The van der Waals surface area contributed by atoms with E-state index in [9.17, 15) is 14.9 Å². The van der Waals surface area contributed by atoms with Crippen molar-refractivity contribution in [2.75, 3.05) is 5.32 Å². The fraction of sp³-hybridized carbons (Fsp3) is 0.0476. The first-order chi connectivity index (χ1) is 13.9. The van der Waals surface area contributed by atoms with Gasteiger partial charge in [-0.25, -0.2) is 4.98 Å². The van der Waals surface area contributed by atoms with E-state index in [0.717, 1.165) is 0 Å². The smallest absolute Gasteiger partial charge is 0.272 e. The Balaban J connectivity index is 1.59. The highest BCUT2D eigenvalue weighted by Crippen LogP contribution is 2.28. The van der Waals surface area contributed by atoms with Crippen LogP contribution >= 0.6 is 11.6 Å². The Hall–Kier alpha value is -3.71. The molecule has 0 atom stereocenters. The van der Waals surface area contributed by atoms with Crippen molar-refractivity contribution < 1.29 is 14.1 Å². The maximum absolute atomic E-state index is 12.5.